The Labute approximate surface area is 110 Å². The smallest absolute Gasteiger partial charge is 0.304 e. The maximum absolute atomic E-state index is 11.0. The normalized spacial score (nSPS) is 26.9. The van der Waals surface area contributed by atoms with Crippen molar-refractivity contribution in [2.75, 3.05) is 0 Å². The van der Waals surface area contributed by atoms with Gasteiger partial charge in [-0.15, -0.1) is 0 Å². The lowest BCUT2D eigenvalue weighted by Crippen LogP contribution is -2.46. The molecular weight excluding hydrogens is 232 g/mol. The molecule has 4 heteroatoms. The predicted octanol–water partition coefficient (Wildman–Crippen LogP) is 3.39. The third-order valence-corrected chi connectivity index (χ3v) is 3.00. The van der Waals surface area contributed by atoms with Crippen LogP contribution in [-0.2, 0) is 19.0 Å². The zero-order chi connectivity index (χ0) is 13.6. The molecule has 106 valence electrons. The van der Waals surface area contributed by atoms with Gasteiger partial charge in [0.15, 0.2) is 5.79 Å². The van der Waals surface area contributed by atoms with Gasteiger partial charge in [0.05, 0.1) is 6.10 Å². The summed E-state index contributed by atoms with van der Waals surface area (Å²) in [6.07, 6.45) is 6.17. The second kappa shape index (κ2) is 7.10. The van der Waals surface area contributed by atoms with Gasteiger partial charge in [-0.2, -0.15) is 0 Å². The second-order valence-electron chi connectivity index (χ2n) is 5.38. The number of rotatable bonds is 6. The van der Waals surface area contributed by atoms with Gasteiger partial charge in [-0.1, -0.05) is 32.6 Å². The van der Waals surface area contributed by atoms with Crippen molar-refractivity contribution in [2.45, 2.75) is 84.4 Å². The molecule has 0 spiro atoms. The van der Waals surface area contributed by atoms with E-state index < -0.39 is 12.1 Å². The standard InChI is InChI=1S/C14H26O4/c1-5-6-7-8-9-12-10-13(16-11(2)15)18-14(3,4)17-12/h12-13H,5-10H2,1-4H3. The lowest BCUT2D eigenvalue weighted by molar-refractivity contribution is -0.343. The molecule has 1 aliphatic rings. The molecule has 0 aromatic heterocycles. The highest BCUT2D eigenvalue weighted by Gasteiger charge is 2.36. The van der Waals surface area contributed by atoms with E-state index in [4.69, 9.17) is 14.2 Å². The maximum atomic E-state index is 11.0. The number of hydrogen-bond donors (Lipinski definition) is 0. The van der Waals surface area contributed by atoms with Gasteiger partial charge in [0.25, 0.3) is 0 Å². The molecule has 18 heavy (non-hydrogen) atoms. The van der Waals surface area contributed by atoms with Crippen LogP contribution in [-0.4, -0.2) is 24.2 Å². The van der Waals surface area contributed by atoms with Crippen LogP contribution in [0.3, 0.4) is 0 Å². The largest absolute Gasteiger partial charge is 0.436 e. The average Bonchev–Trinajstić information content (AvgIpc) is 2.21. The number of esters is 1. The molecule has 0 amide bonds. The van der Waals surface area contributed by atoms with E-state index in [9.17, 15) is 4.79 Å². The Kier molecular flexibility index (Phi) is 6.09. The van der Waals surface area contributed by atoms with E-state index in [1.165, 1.54) is 26.2 Å². The minimum atomic E-state index is -0.673. The summed E-state index contributed by atoms with van der Waals surface area (Å²) in [5, 5.41) is 0. The number of hydrogen-bond acceptors (Lipinski definition) is 4. The van der Waals surface area contributed by atoms with Crippen LogP contribution < -0.4 is 0 Å². The Bertz CT molecular complexity index is 263. The minimum Gasteiger partial charge on any atom is -0.436 e. The van der Waals surface area contributed by atoms with Crippen LogP contribution in [0.25, 0.3) is 0 Å². The first-order valence-corrected chi connectivity index (χ1v) is 6.96. The van der Waals surface area contributed by atoms with E-state index in [0.717, 1.165) is 12.8 Å². The van der Waals surface area contributed by atoms with Crippen molar-refractivity contribution < 1.29 is 19.0 Å². The van der Waals surface area contributed by atoms with Gasteiger partial charge in [0, 0.05) is 13.3 Å². The highest BCUT2D eigenvalue weighted by molar-refractivity contribution is 5.66. The third-order valence-electron chi connectivity index (χ3n) is 3.00. The Balaban J connectivity index is 2.39. The summed E-state index contributed by atoms with van der Waals surface area (Å²) in [7, 11) is 0. The minimum absolute atomic E-state index is 0.120. The Hall–Kier alpha value is -0.610. The van der Waals surface area contributed by atoms with Gasteiger partial charge >= 0.3 is 5.97 Å². The first-order chi connectivity index (χ1) is 8.43. The number of ether oxygens (including phenoxy) is 3. The predicted molar refractivity (Wildman–Crippen MR) is 69.0 cm³/mol. The van der Waals surface area contributed by atoms with Gasteiger partial charge in [0.1, 0.15) is 0 Å². The molecule has 2 unspecified atom stereocenters. The molecule has 0 aromatic rings. The summed E-state index contributed by atoms with van der Waals surface area (Å²) in [5.74, 6) is -0.976. The quantitative estimate of drug-likeness (QED) is 0.541. The highest BCUT2D eigenvalue weighted by Crippen LogP contribution is 2.29. The van der Waals surface area contributed by atoms with Crippen LogP contribution in [0.2, 0.25) is 0 Å². The van der Waals surface area contributed by atoms with Crippen LogP contribution in [0.4, 0.5) is 0 Å². The third kappa shape index (κ3) is 5.83. The molecule has 0 bridgehead atoms. The molecule has 1 rings (SSSR count). The van der Waals surface area contributed by atoms with Crippen molar-refractivity contribution in [1.82, 2.24) is 0 Å². The van der Waals surface area contributed by atoms with Crippen LogP contribution in [0.5, 0.6) is 0 Å². The maximum Gasteiger partial charge on any atom is 0.304 e. The summed E-state index contributed by atoms with van der Waals surface area (Å²) in [5.41, 5.74) is 0. The van der Waals surface area contributed by atoms with Crippen LogP contribution in [0.15, 0.2) is 0 Å². The van der Waals surface area contributed by atoms with Crippen molar-refractivity contribution >= 4 is 5.97 Å². The summed E-state index contributed by atoms with van der Waals surface area (Å²) in [4.78, 5) is 11.0. The summed E-state index contributed by atoms with van der Waals surface area (Å²) >= 11 is 0. The molecule has 1 fully saturated rings. The molecule has 0 radical (unpaired) electrons. The Morgan fingerprint density at radius 2 is 2.00 bits per heavy atom. The van der Waals surface area contributed by atoms with E-state index >= 15 is 0 Å². The van der Waals surface area contributed by atoms with E-state index in [1.54, 1.807) is 0 Å². The van der Waals surface area contributed by atoms with Gasteiger partial charge in [-0.25, -0.2) is 0 Å². The molecule has 1 saturated heterocycles. The van der Waals surface area contributed by atoms with E-state index in [2.05, 4.69) is 6.92 Å². The molecule has 0 aliphatic carbocycles. The van der Waals surface area contributed by atoms with Crippen LogP contribution >= 0.6 is 0 Å². The Morgan fingerprint density at radius 1 is 1.28 bits per heavy atom. The fraction of sp³-hybridized carbons (Fsp3) is 0.929. The van der Waals surface area contributed by atoms with E-state index in [0.29, 0.717) is 6.42 Å². The SMILES string of the molecule is CCCCCCC1CC(OC(C)=O)OC(C)(C)O1. The monoisotopic (exact) mass is 258 g/mol. The van der Waals surface area contributed by atoms with E-state index in [1.807, 2.05) is 13.8 Å². The molecule has 0 saturated carbocycles. The lowest BCUT2D eigenvalue weighted by atomic mass is 10.1. The summed E-state index contributed by atoms with van der Waals surface area (Å²) < 4.78 is 16.6. The first kappa shape index (κ1) is 15.4. The zero-order valence-corrected chi connectivity index (χ0v) is 12.0. The Morgan fingerprint density at radius 3 is 2.61 bits per heavy atom. The second-order valence-corrected chi connectivity index (χ2v) is 5.38. The first-order valence-electron chi connectivity index (χ1n) is 6.96. The topological polar surface area (TPSA) is 44.8 Å². The lowest BCUT2D eigenvalue weighted by Gasteiger charge is -2.40. The number of carbonyl (C=O) groups is 1. The molecule has 1 aliphatic heterocycles. The van der Waals surface area contributed by atoms with Crippen LogP contribution in [0, 0.1) is 0 Å². The fourth-order valence-electron chi connectivity index (χ4n) is 2.29. The van der Waals surface area contributed by atoms with Crippen molar-refractivity contribution in [3.63, 3.8) is 0 Å². The van der Waals surface area contributed by atoms with Gasteiger partial charge < -0.3 is 14.2 Å². The number of unbranched alkanes of at least 4 members (excludes halogenated alkanes) is 3. The van der Waals surface area contributed by atoms with Crippen molar-refractivity contribution in [1.29, 1.82) is 0 Å². The molecule has 1 heterocycles. The zero-order valence-electron chi connectivity index (χ0n) is 12.0. The molecule has 0 aromatic carbocycles. The fourth-order valence-corrected chi connectivity index (χ4v) is 2.29. The molecule has 0 N–H and O–H groups in total. The molecule has 4 nitrogen and oxygen atoms in total. The molecule has 2 atom stereocenters. The summed E-state index contributed by atoms with van der Waals surface area (Å²) in [6.45, 7) is 7.33. The van der Waals surface area contributed by atoms with Crippen molar-refractivity contribution in [3.05, 3.63) is 0 Å². The van der Waals surface area contributed by atoms with Gasteiger partial charge in [-0.3, -0.25) is 4.79 Å². The highest BCUT2D eigenvalue weighted by atomic mass is 16.8. The van der Waals surface area contributed by atoms with E-state index in [-0.39, 0.29) is 12.1 Å². The van der Waals surface area contributed by atoms with Crippen molar-refractivity contribution in [2.24, 2.45) is 0 Å². The summed E-state index contributed by atoms with van der Waals surface area (Å²) in [6, 6.07) is 0. The van der Waals surface area contributed by atoms with Crippen LogP contribution in [0.1, 0.15) is 66.2 Å². The van der Waals surface area contributed by atoms with Gasteiger partial charge in [0.2, 0.25) is 6.29 Å². The number of carbonyl (C=O) groups excluding carboxylic acids is 1. The molecular formula is C14H26O4. The average molecular weight is 258 g/mol. The van der Waals surface area contributed by atoms with Crippen molar-refractivity contribution in [3.8, 4) is 0 Å². The van der Waals surface area contributed by atoms with Gasteiger partial charge in [-0.05, 0) is 20.3 Å².